The average Bonchev–Trinajstić information content (AvgIpc) is 2.43. The Hall–Kier alpha value is -2.81. The summed E-state index contributed by atoms with van der Waals surface area (Å²) in [6.45, 7) is -0.116. The first-order valence-corrected chi connectivity index (χ1v) is 5.62. The van der Waals surface area contributed by atoms with E-state index in [1.807, 2.05) is 30.3 Å². The number of benzene rings is 1. The van der Waals surface area contributed by atoms with Crippen LogP contribution in [0.15, 0.2) is 36.7 Å². The molecule has 2 rings (SSSR count). The van der Waals surface area contributed by atoms with Gasteiger partial charge in [-0.1, -0.05) is 24.3 Å². The quantitative estimate of drug-likeness (QED) is 0.865. The number of rotatable bonds is 4. The zero-order valence-electron chi connectivity index (χ0n) is 10.0. The molecule has 3 N–H and O–H groups in total. The fraction of sp³-hybridized carbons (Fsp3) is 0.154. The first-order valence-electron chi connectivity index (χ1n) is 5.62. The van der Waals surface area contributed by atoms with Crippen LogP contribution in [-0.2, 0) is 4.74 Å². The zero-order chi connectivity index (χ0) is 13.7. The van der Waals surface area contributed by atoms with Gasteiger partial charge in [0.05, 0.1) is 18.0 Å². The summed E-state index contributed by atoms with van der Waals surface area (Å²) in [5, 5.41) is 13.9. The van der Waals surface area contributed by atoms with E-state index >= 15 is 0 Å². The number of pyridine rings is 1. The van der Waals surface area contributed by atoms with Gasteiger partial charge >= 0.3 is 6.09 Å². The largest absolute Gasteiger partial charge is 0.446 e. The van der Waals surface area contributed by atoms with Crippen molar-refractivity contribution >= 4 is 22.6 Å². The number of hydrogen-bond donors (Lipinski definition) is 2. The van der Waals surface area contributed by atoms with Gasteiger partial charge in [-0.3, -0.25) is 4.98 Å². The molecule has 1 unspecified atom stereocenters. The van der Waals surface area contributed by atoms with Gasteiger partial charge in [-0.25, -0.2) is 4.79 Å². The summed E-state index contributed by atoms with van der Waals surface area (Å²) in [6, 6.07) is 8.97. The highest BCUT2D eigenvalue weighted by Gasteiger charge is 2.11. The number of hydrogen-bond acceptors (Lipinski definition) is 5. The van der Waals surface area contributed by atoms with Gasteiger partial charge in [0, 0.05) is 17.0 Å². The van der Waals surface area contributed by atoms with E-state index in [0.717, 1.165) is 10.8 Å². The maximum atomic E-state index is 10.5. The van der Waals surface area contributed by atoms with Crippen LogP contribution >= 0.6 is 0 Å². The lowest BCUT2D eigenvalue weighted by atomic mass is 10.1. The molecule has 1 aromatic heterocycles. The molecule has 0 saturated heterocycles. The van der Waals surface area contributed by atoms with E-state index in [4.69, 9.17) is 11.0 Å². The van der Waals surface area contributed by atoms with Crippen molar-refractivity contribution in [3.63, 3.8) is 0 Å². The summed E-state index contributed by atoms with van der Waals surface area (Å²) in [5.74, 6) is 0. The number of fused-ring (bicyclic) bond motifs is 1. The van der Waals surface area contributed by atoms with E-state index in [-0.39, 0.29) is 6.61 Å². The predicted molar refractivity (Wildman–Crippen MR) is 70.3 cm³/mol. The maximum absolute atomic E-state index is 10.5. The summed E-state index contributed by atoms with van der Waals surface area (Å²) in [7, 11) is 0. The van der Waals surface area contributed by atoms with Crippen LogP contribution in [0.3, 0.4) is 0 Å². The average molecular weight is 256 g/mol. The predicted octanol–water partition coefficient (Wildman–Crippen LogP) is 1.63. The Bertz CT molecular complexity index is 631. The van der Waals surface area contributed by atoms with Crippen LogP contribution in [0.4, 0.5) is 10.5 Å². The van der Waals surface area contributed by atoms with Crippen molar-refractivity contribution in [3.8, 4) is 6.07 Å². The number of aromatic nitrogens is 1. The third-order valence-electron chi connectivity index (χ3n) is 2.55. The Labute approximate surface area is 109 Å². The van der Waals surface area contributed by atoms with Crippen molar-refractivity contribution in [1.82, 2.24) is 4.98 Å². The Kier molecular flexibility index (Phi) is 3.78. The molecule has 0 saturated carbocycles. The standard InChI is InChI=1S/C13H12N4O2/c14-5-10(8-19-13(15)18)17-12-7-16-6-9-3-1-2-4-11(9)12/h1-4,6-7,10,17H,8H2,(H2,15,18). The lowest BCUT2D eigenvalue weighted by Gasteiger charge is -2.13. The van der Waals surface area contributed by atoms with Crippen LogP contribution in [0.5, 0.6) is 0 Å². The minimum atomic E-state index is -0.905. The van der Waals surface area contributed by atoms with Gasteiger partial charge in [-0.15, -0.1) is 0 Å². The van der Waals surface area contributed by atoms with Gasteiger partial charge < -0.3 is 15.8 Å². The second-order valence-electron chi connectivity index (χ2n) is 3.86. The number of anilines is 1. The van der Waals surface area contributed by atoms with Crippen molar-refractivity contribution in [1.29, 1.82) is 5.26 Å². The van der Waals surface area contributed by atoms with Gasteiger partial charge in [-0.05, 0) is 0 Å². The minimum absolute atomic E-state index is 0.116. The molecule has 0 aliphatic heterocycles. The molecule has 96 valence electrons. The van der Waals surface area contributed by atoms with Gasteiger partial charge in [0.1, 0.15) is 12.6 Å². The molecule has 1 atom stereocenters. The topological polar surface area (TPSA) is 101 Å². The lowest BCUT2D eigenvalue weighted by molar-refractivity contribution is 0.156. The number of nitrogens with one attached hydrogen (secondary N) is 1. The van der Waals surface area contributed by atoms with Crippen LogP contribution < -0.4 is 11.1 Å². The van der Waals surface area contributed by atoms with E-state index < -0.39 is 12.1 Å². The summed E-state index contributed by atoms with van der Waals surface area (Å²) in [4.78, 5) is 14.6. The molecule has 0 radical (unpaired) electrons. The number of ether oxygens (including phenoxy) is 1. The number of primary amides is 1. The fourth-order valence-corrected chi connectivity index (χ4v) is 1.70. The van der Waals surface area contributed by atoms with Crippen LogP contribution in [0, 0.1) is 11.3 Å². The molecular formula is C13H12N4O2. The lowest BCUT2D eigenvalue weighted by Crippen LogP contribution is -2.27. The Morgan fingerprint density at radius 3 is 3.00 bits per heavy atom. The second-order valence-corrected chi connectivity index (χ2v) is 3.86. The molecule has 0 spiro atoms. The molecule has 19 heavy (non-hydrogen) atoms. The molecule has 2 aromatic rings. The SMILES string of the molecule is N#CC(COC(N)=O)Nc1cncc2ccccc12. The van der Waals surface area contributed by atoms with Crippen molar-refractivity contribution in [2.24, 2.45) is 5.73 Å². The number of carbonyl (C=O) groups excluding carboxylic acids is 1. The molecule has 1 aromatic carbocycles. The zero-order valence-corrected chi connectivity index (χ0v) is 10.0. The van der Waals surface area contributed by atoms with E-state index in [9.17, 15) is 4.79 Å². The third kappa shape index (κ3) is 3.10. The molecule has 1 heterocycles. The summed E-state index contributed by atoms with van der Waals surface area (Å²) < 4.78 is 4.61. The number of nitrogens with two attached hydrogens (primary N) is 1. The molecule has 0 bridgehead atoms. The number of amides is 1. The summed E-state index contributed by atoms with van der Waals surface area (Å²) >= 11 is 0. The van der Waals surface area contributed by atoms with Crippen LogP contribution in [-0.4, -0.2) is 23.7 Å². The second kappa shape index (κ2) is 5.69. The van der Waals surface area contributed by atoms with Crippen LogP contribution in [0.1, 0.15) is 0 Å². The van der Waals surface area contributed by atoms with Gasteiger partial charge in [0.25, 0.3) is 0 Å². The smallest absolute Gasteiger partial charge is 0.404 e. The Morgan fingerprint density at radius 2 is 2.26 bits per heavy atom. The molecule has 6 heteroatoms. The molecule has 1 amide bonds. The maximum Gasteiger partial charge on any atom is 0.404 e. The highest BCUT2D eigenvalue weighted by molar-refractivity contribution is 5.92. The van der Waals surface area contributed by atoms with E-state index in [1.165, 1.54) is 0 Å². The van der Waals surface area contributed by atoms with Crippen molar-refractivity contribution in [2.75, 3.05) is 11.9 Å². The molecule has 6 nitrogen and oxygen atoms in total. The van der Waals surface area contributed by atoms with Crippen LogP contribution in [0.2, 0.25) is 0 Å². The van der Waals surface area contributed by atoms with Crippen LogP contribution in [0.25, 0.3) is 10.8 Å². The molecular weight excluding hydrogens is 244 g/mol. The normalized spacial score (nSPS) is 11.5. The van der Waals surface area contributed by atoms with Gasteiger partial charge in [0.2, 0.25) is 0 Å². The number of nitriles is 1. The van der Waals surface area contributed by atoms with E-state index in [2.05, 4.69) is 15.0 Å². The Morgan fingerprint density at radius 1 is 1.47 bits per heavy atom. The van der Waals surface area contributed by atoms with Crippen molar-refractivity contribution in [2.45, 2.75) is 6.04 Å². The first-order chi connectivity index (χ1) is 9.20. The first kappa shape index (κ1) is 12.6. The summed E-state index contributed by atoms with van der Waals surface area (Å²) in [5.41, 5.74) is 5.57. The van der Waals surface area contributed by atoms with Gasteiger partial charge in [0.15, 0.2) is 0 Å². The molecule has 0 aliphatic carbocycles. The Balaban J connectivity index is 2.20. The highest BCUT2D eigenvalue weighted by atomic mass is 16.5. The monoisotopic (exact) mass is 256 g/mol. The van der Waals surface area contributed by atoms with Crippen molar-refractivity contribution in [3.05, 3.63) is 36.7 Å². The molecule has 0 fully saturated rings. The highest BCUT2D eigenvalue weighted by Crippen LogP contribution is 2.22. The third-order valence-corrected chi connectivity index (χ3v) is 2.55. The fourth-order valence-electron chi connectivity index (χ4n) is 1.70. The number of carbonyl (C=O) groups is 1. The van der Waals surface area contributed by atoms with Gasteiger partial charge in [-0.2, -0.15) is 5.26 Å². The van der Waals surface area contributed by atoms with Crippen molar-refractivity contribution < 1.29 is 9.53 Å². The summed E-state index contributed by atoms with van der Waals surface area (Å²) in [6.07, 6.45) is 2.46. The number of nitrogens with zero attached hydrogens (tertiary/aromatic N) is 2. The van der Waals surface area contributed by atoms with E-state index in [1.54, 1.807) is 12.4 Å². The minimum Gasteiger partial charge on any atom is -0.446 e. The molecule has 0 aliphatic rings. The van der Waals surface area contributed by atoms with E-state index in [0.29, 0.717) is 5.69 Å².